The van der Waals surface area contributed by atoms with Crippen LogP contribution in [0.5, 0.6) is 11.5 Å². The van der Waals surface area contributed by atoms with Crippen LogP contribution in [0.2, 0.25) is 0 Å². The average molecular weight is 340 g/mol. The first-order valence-electron chi connectivity index (χ1n) is 7.93. The maximum absolute atomic E-state index is 12.9. The Hall–Kier alpha value is -3.02. The van der Waals surface area contributed by atoms with E-state index < -0.39 is 6.04 Å². The Kier molecular flexibility index (Phi) is 4.61. The van der Waals surface area contributed by atoms with Crippen molar-refractivity contribution in [2.24, 2.45) is 0 Å². The number of carbonyl (C=O) groups excluding carboxylic acids is 2. The van der Waals surface area contributed by atoms with E-state index in [0.717, 1.165) is 22.6 Å². The zero-order valence-corrected chi connectivity index (χ0v) is 14.4. The number of fused-ring (bicyclic) bond motifs is 1. The third-order valence-corrected chi connectivity index (χ3v) is 4.20. The number of anilines is 1. The number of benzene rings is 2. The third kappa shape index (κ3) is 3.28. The smallest absolute Gasteiger partial charge is 0.254 e. The number of carbonyl (C=O) groups is 2. The molecule has 1 unspecified atom stereocenters. The number of methoxy groups -OCH3 is 2. The quantitative estimate of drug-likeness (QED) is 0.908. The number of hydrogen-bond acceptors (Lipinski definition) is 4. The van der Waals surface area contributed by atoms with Crippen LogP contribution in [-0.2, 0) is 16.1 Å². The van der Waals surface area contributed by atoms with Gasteiger partial charge in [-0.05, 0) is 35.9 Å². The predicted molar refractivity (Wildman–Crippen MR) is 93.7 cm³/mol. The Morgan fingerprint density at radius 1 is 1.08 bits per heavy atom. The number of nitrogens with zero attached hydrogens (tertiary/aromatic N) is 1. The molecule has 0 spiro atoms. The highest BCUT2D eigenvalue weighted by Crippen LogP contribution is 2.39. The predicted octanol–water partition coefficient (Wildman–Crippen LogP) is 2.43. The molecule has 1 heterocycles. The Balaban J connectivity index is 1.94. The maximum Gasteiger partial charge on any atom is 0.254 e. The zero-order valence-electron chi connectivity index (χ0n) is 14.4. The van der Waals surface area contributed by atoms with Gasteiger partial charge in [0.15, 0.2) is 0 Å². The number of amides is 2. The van der Waals surface area contributed by atoms with E-state index in [9.17, 15) is 9.59 Å². The minimum absolute atomic E-state index is 0.158. The van der Waals surface area contributed by atoms with Crippen molar-refractivity contribution in [3.63, 3.8) is 0 Å². The van der Waals surface area contributed by atoms with Crippen molar-refractivity contribution in [3.8, 4) is 11.5 Å². The van der Waals surface area contributed by atoms with Crippen LogP contribution in [0.15, 0.2) is 42.5 Å². The number of hydrogen-bond donors (Lipinski definition) is 1. The van der Waals surface area contributed by atoms with Crippen molar-refractivity contribution in [2.75, 3.05) is 19.1 Å². The zero-order chi connectivity index (χ0) is 18.0. The summed E-state index contributed by atoms with van der Waals surface area (Å²) in [6.07, 6.45) is 0. The van der Waals surface area contributed by atoms with E-state index in [1.54, 1.807) is 25.2 Å². The second-order valence-corrected chi connectivity index (χ2v) is 5.83. The lowest BCUT2D eigenvalue weighted by Crippen LogP contribution is -2.36. The van der Waals surface area contributed by atoms with Crippen LogP contribution in [0.3, 0.4) is 0 Å². The third-order valence-electron chi connectivity index (χ3n) is 4.20. The molecule has 1 aliphatic heterocycles. The van der Waals surface area contributed by atoms with Crippen LogP contribution in [-0.4, -0.2) is 26.0 Å². The van der Waals surface area contributed by atoms with Gasteiger partial charge in [0.05, 0.1) is 26.5 Å². The summed E-state index contributed by atoms with van der Waals surface area (Å²) in [5, 5.41) is 2.73. The van der Waals surface area contributed by atoms with Gasteiger partial charge < -0.3 is 19.7 Å². The first-order chi connectivity index (χ1) is 12.0. The largest absolute Gasteiger partial charge is 0.497 e. The van der Waals surface area contributed by atoms with Crippen molar-refractivity contribution in [2.45, 2.75) is 19.5 Å². The van der Waals surface area contributed by atoms with E-state index in [-0.39, 0.29) is 11.8 Å². The first-order valence-corrected chi connectivity index (χ1v) is 7.93. The Morgan fingerprint density at radius 2 is 1.72 bits per heavy atom. The van der Waals surface area contributed by atoms with Gasteiger partial charge in [-0.2, -0.15) is 0 Å². The molecule has 1 N–H and O–H groups in total. The number of rotatable bonds is 5. The second-order valence-electron chi connectivity index (χ2n) is 5.83. The van der Waals surface area contributed by atoms with Crippen molar-refractivity contribution < 1.29 is 19.1 Å². The Labute approximate surface area is 146 Å². The van der Waals surface area contributed by atoms with E-state index in [1.165, 1.54) is 6.92 Å². The normalized spacial score (nSPS) is 15.7. The van der Waals surface area contributed by atoms with Gasteiger partial charge in [-0.1, -0.05) is 12.1 Å². The minimum Gasteiger partial charge on any atom is -0.497 e. The first kappa shape index (κ1) is 16.8. The molecule has 2 aromatic rings. The molecule has 2 aromatic carbocycles. The molecular weight excluding hydrogens is 320 g/mol. The minimum atomic E-state index is -0.694. The molecule has 6 heteroatoms. The van der Waals surface area contributed by atoms with Gasteiger partial charge in [-0.15, -0.1) is 0 Å². The van der Waals surface area contributed by atoms with Gasteiger partial charge in [0.2, 0.25) is 5.91 Å². The van der Waals surface area contributed by atoms with Gasteiger partial charge in [0, 0.05) is 12.5 Å². The van der Waals surface area contributed by atoms with Crippen molar-refractivity contribution in [1.29, 1.82) is 0 Å². The molecule has 1 atom stereocenters. The van der Waals surface area contributed by atoms with Crippen LogP contribution < -0.4 is 19.7 Å². The van der Waals surface area contributed by atoms with Gasteiger partial charge >= 0.3 is 0 Å². The lowest BCUT2D eigenvalue weighted by molar-refractivity contribution is -0.126. The molecule has 1 aliphatic rings. The summed E-state index contributed by atoms with van der Waals surface area (Å²) in [5.74, 6) is 0.999. The fourth-order valence-electron chi connectivity index (χ4n) is 2.96. The maximum atomic E-state index is 12.9. The Bertz CT molecular complexity index is 802. The molecule has 0 aromatic heterocycles. The molecule has 130 valence electrons. The van der Waals surface area contributed by atoms with Crippen LogP contribution in [0.4, 0.5) is 5.69 Å². The average Bonchev–Trinajstić information content (AvgIpc) is 2.87. The van der Waals surface area contributed by atoms with Gasteiger partial charge in [0.1, 0.15) is 17.5 Å². The topological polar surface area (TPSA) is 67.9 Å². The summed E-state index contributed by atoms with van der Waals surface area (Å²) in [6, 6.07) is 12.3. The molecule has 3 rings (SSSR count). The molecular formula is C19H20N2O4. The fourth-order valence-corrected chi connectivity index (χ4v) is 2.96. The molecule has 0 radical (unpaired) electrons. The summed E-state index contributed by atoms with van der Waals surface area (Å²) in [4.78, 5) is 26.1. The lowest BCUT2D eigenvalue weighted by atomic mass is 10.1. The van der Waals surface area contributed by atoms with Crippen molar-refractivity contribution >= 4 is 17.5 Å². The van der Waals surface area contributed by atoms with Gasteiger partial charge in [-0.25, -0.2) is 0 Å². The molecule has 6 nitrogen and oxygen atoms in total. The summed E-state index contributed by atoms with van der Waals surface area (Å²) in [5.41, 5.74) is 2.49. The molecule has 25 heavy (non-hydrogen) atoms. The van der Waals surface area contributed by atoms with E-state index in [4.69, 9.17) is 9.47 Å². The molecule has 2 amide bonds. The SMILES string of the molecule is COc1ccc(CN2C(=O)C(NC(C)=O)c3cc(OC)ccc32)cc1. The summed E-state index contributed by atoms with van der Waals surface area (Å²) < 4.78 is 10.4. The summed E-state index contributed by atoms with van der Waals surface area (Å²) in [7, 11) is 3.18. The standard InChI is InChI=1S/C19H20N2O4/c1-12(22)20-18-16-10-15(25-3)8-9-17(16)21(19(18)23)11-13-4-6-14(24-2)7-5-13/h4-10,18H,11H2,1-3H3,(H,20,22). The van der Waals surface area contributed by atoms with Crippen LogP contribution in [0, 0.1) is 0 Å². The highest BCUT2D eigenvalue weighted by atomic mass is 16.5. The summed E-state index contributed by atoms with van der Waals surface area (Å²) in [6.45, 7) is 1.82. The molecule has 0 aliphatic carbocycles. The second kappa shape index (κ2) is 6.84. The van der Waals surface area contributed by atoms with Crippen LogP contribution in [0.25, 0.3) is 0 Å². The van der Waals surface area contributed by atoms with E-state index in [0.29, 0.717) is 12.3 Å². The highest BCUT2D eigenvalue weighted by molar-refractivity contribution is 6.06. The molecule has 0 bridgehead atoms. The van der Waals surface area contributed by atoms with Gasteiger partial charge in [-0.3, -0.25) is 9.59 Å². The lowest BCUT2D eigenvalue weighted by Gasteiger charge is -2.18. The van der Waals surface area contributed by atoms with Crippen molar-refractivity contribution in [3.05, 3.63) is 53.6 Å². The molecule has 0 fully saturated rings. The number of nitrogens with one attached hydrogen (secondary N) is 1. The van der Waals surface area contributed by atoms with E-state index in [2.05, 4.69) is 5.32 Å². The monoisotopic (exact) mass is 340 g/mol. The van der Waals surface area contributed by atoms with Crippen molar-refractivity contribution in [1.82, 2.24) is 5.32 Å². The van der Waals surface area contributed by atoms with Crippen LogP contribution >= 0.6 is 0 Å². The fraction of sp³-hybridized carbons (Fsp3) is 0.263. The summed E-state index contributed by atoms with van der Waals surface area (Å²) >= 11 is 0. The van der Waals surface area contributed by atoms with E-state index in [1.807, 2.05) is 36.4 Å². The van der Waals surface area contributed by atoms with E-state index >= 15 is 0 Å². The molecule has 0 saturated heterocycles. The van der Waals surface area contributed by atoms with Crippen LogP contribution in [0.1, 0.15) is 24.1 Å². The highest BCUT2D eigenvalue weighted by Gasteiger charge is 2.38. The van der Waals surface area contributed by atoms with Gasteiger partial charge in [0.25, 0.3) is 5.91 Å². The Morgan fingerprint density at radius 3 is 2.32 bits per heavy atom. The molecule has 0 saturated carbocycles. The number of ether oxygens (including phenoxy) is 2.